The molecule has 3 rings (SSSR count). The zero-order chi connectivity index (χ0) is 20.3. The van der Waals surface area contributed by atoms with E-state index in [-0.39, 0.29) is 30.5 Å². The molecule has 148 valence electrons. The smallest absolute Gasteiger partial charge is 0.229 e. The fourth-order valence-corrected chi connectivity index (χ4v) is 3.18. The van der Waals surface area contributed by atoms with Gasteiger partial charge in [0, 0.05) is 30.8 Å². The van der Waals surface area contributed by atoms with Gasteiger partial charge in [0.25, 0.3) is 0 Å². The van der Waals surface area contributed by atoms with Crippen molar-refractivity contribution in [1.29, 1.82) is 0 Å². The summed E-state index contributed by atoms with van der Waals surface area (Å²) in [6.07, 6.45) is 0.00456. The molecule has 1 unspecified atom stereocenters. The Balaban J connectivity index is 1.77. The molecule has 1 aliphatic heterocycles. The number of ether oxygens (including phenoxy) is 3. The summed E-state index contributed by atoms with van der Waals surface area (Å²) in [6.45, 7) is 0.107. The summed E-state index contributed by atoms with van der Waals surface area (Å²) in [5, 5.41) is 2.76. The molecule has 1 heterocycles. The minimum absolute atomic E-state index is 0.00456. The fraction of sp³-hybridized carbons (Fsp3) is 0.300. The second-order valence-corrected chi connectivity index (χ2v) is 6.26. The lowest BCUT2D eigenvalue weighted by Gasteiger charge is -2.18. The van der Waals surface area contributed by atoms with Crippen LogP contribution in [0.1, 0.15) is 6.42 Å². The average molecular weight is 388 g/mol. The lowest BCUT2D eigenvalue weighted by molar-refractivity contribution is -0.122. The van der Waals surface area contributed by atoms with Crippen molar-refractivity contribution in [3.63, 3.8) is 0 Å². The maximum atomic E-state index is 14.0. The van der Waals surface area contributed by atoms with E-state index in [9.17, 15) is 14.0 Å². The van der Waals surface area contributed by atoms with Gasteiger partial charge in [-0.2, -0.15) is 0 Å². The van der Waals surface area contributed by atoms with Gasteiger partial charge >= 0.3 is 0 Å². The number of carbonyl (C=O) groups is 2. The minimum Gasteiger partial charge on any atom is -0.493 e. The lowest BCUT2D eigenvalue weighted by atomic mass is 10.1. The molecule has 0 saturated carbocycles. The Kier molecular flexibility index (Phi) is 5.67. The summed E-state index contributed by atoms with van der Waals surface area (Å²) >= 11 is 0. The Morgan fingerprint density at radius 1 is 1.11 bits per heavy atom. The van der Waals surface area contributed by atoms with Gasteiger partial charge in [-0.15, -0.1) is 0 Å². The SMILES string of the molecule is COc1cc(NC(=O)C2CC(=O)N(c3ccccc3F)C2)cc(OC)c1OC. The van der Waals surface area contributed by atoms with Crippen LogP contribution in [0.15, 0.2) is 36.4 Å². The molecule has 1 saturated heterocycles. The van der Waals surface area contributed by atoms with Gasteiger partial charge in [-0.1, -0.05) is 12.1 Å². The molecule has 1 atom stereocenters. The van der Waals surface area contributed by atoms with Gasteiger partial charge in [0.2, 0.25) is 17.6 Å². The molecule has 0 aliphatic carbocycles. The highest BCUT2D eigenvalue weighted by molar-refractivity contribution is 6.03. The summed E-state index contributed by atoms with van der Waals surface area (Å²) in [6, 6.07) is 9.21. The summed E-state index contributed by atoms with van der Waals surface area (Å²) in [4.78, 5) is 26.3. The summed E-state index contributed by atoms with van der Waals surface area (Å²) in [5.74, 6) is -0.547. The first-order valence-corrected chi connectivity index (χ1v) is 8.64. The molecule has 8 heteroatoms. The molecular formula is C20H21FN2O5. The van der Waals surface area contributed by atoms with Gasteiger partial charge in [-0.3, -0.25) is 9.59 Å². The number of nitrogens with one attached hydrogen (secondary N) is 1. The zero-order valence-corrected chi connectivity index (χ0v) is 15.8. The number of anilines is 2. The maximum absolute atomic E-state index is 14.0. The molecular weight excluding hydrogens is 367 g/mol. The van der Waals surface area contributed by atoms with Gasteiger partial charge in [-0.25, -0.2) is 4.39 Å². The Hall–Kier alpha value is -3.29. The van der Waals surface area contributed by atoms with Crippen molar-refractivity contribution in [1.82, 2.24) is 0 Å². The van der Waals surface area contributed by atoms with Crippen molar-refractivity contribution in [3.8, 4) is 17.2 Å². The Bertz CT molecular complexity index is 877. The minimum atomic E-state index is -0.605. The van der Waals surface area contributed by atoms with E-state index in [4.69, 9.17) is 14.2 Å². The van der Waals surface area contributed by atoms with E-state index >= 15 is 0 Å². The molecule has 2 aromatic rings. The van der Waals surface area contributed by atoms with Crippen LogP contribution >= 0.6 is 0 Å². The van der Waals surface area contributed by atoms with Crippen molar-refractivity contribution in [2.75, 3.05) is 38.1 Å². The third-order valence-electron chi connectivity index (χ3n) is 4.57. The van der Waals surface area contributed by atoms with E-state index in [0.717, 1.165) is 0 Å². The van der Waals surface area contributed by atoms with Crippen molar-refractivity contribution in [2.45, 2.75) is 6.42 Å². The maximum Gasteiger partial charge on any atom is 0.229 e. The summed E-state index contributed by atoms with van der Waals surface area (Å²) in [7, 11) is 4.44. The third kappa shape index (κ3) is 3.71. The number of hydrogen-bond acceptors (Lipinski definition) is 5. The highest BCUT2D eigenvalue weighted by Gasteiger charge is 2.36. The van der Waals surface area contributed by atoms with Crippen molar-refractivity contribution in [3.05, 3.63) is 42.2 Å². The second-order valence-electron chi connectivity index (χ2n) is 6.26. The van der Waals surface area contributed by atoms with Crippen LogP contribution < -0.4 is 24.4 Å². The van der Waals surface area contributed by atoms with Crippen LogP contribution in [0.4, 0.5) is 15.8 Å². The molecule has 1 N–H and O–H groups in total. The molecule has 2 aromatic carbocycles. The molecule has 2 amide bonds. The molecule has 0 spiro atoms. The number of methoxy groups -OCH3 is 3. The highest BCUT2D eigenvalue weighted by atomic mass is 19.1. The Labute approximate surface area is 162 Å². The number of rotatable bonds is 6. The molecule has 0 radical (unpaired) electrons. The van der Waals surface area contributed by atoms with Gasteiger partial charge in [0.1, 0.15) is 5.82 Å². The number of para-hydroxylation sites is 1. The van der Waals surface area contributed by atoms with Gasteiger partial charge in [0.15, 0.2) is 11.5 Å². The van der Waals surface area contributed by atoms with Gasteiger partial charge in [0.05, 0.1) is 32.9 Å². The quantitative estimate of drug-likeness (QED) is 0.824. The molecule has 28 heavy (non-hydrogen) atoms. The molecule has 7 nitrogen and oxygen atoms in total. The zero-order valence-electron chi connectivity index (χ0n) is 15.8. The molecule has 1 aliphatic rings. The number of hydrogen-bond donors (Lipinski definition) is 1. The topological polar surface area (TPSA) is 77.1 Å². The van der Waals surface area contributed by atoms with Crippen molar-refractivity contribution >= 4 is 23.2 Å². The van der Waals surface area contributed by atoms with Crippen molar-refractivity contribution < 1.29 is 28.2 Å². The standard InChI is InChI=1S/C20H21FN2O5/c1-26-16-9-13(10-17(27-2)19(16)28-3)22-20(25)12-8-18(24)23(11-12)15-7-5-4-6-14(15)21/h4-7,9-10,12H,8,11H2,1-3H3,(H,22,25). The molecule has 1 fully saturated rings. The predicted octanol–water partition coefficient (Wildman–Crippen LogP) is 2.84. The lowest BCUT2D eigenvalue weighted by Crippen LogP contribution is -2.28. The van der Waals surface area contributed by atoms with E-state index in [1.807, 2.05) is 0 Å². The van der Waals surface area contributed by atoms with E-state index in [1.54, 1.807) is 24.3 Å². The van der Waals surface area contributed by atoms with E-state index in [1.165, 1.54) is 38.4 Å². The third-order valence-corrected chi connectivity index (χ3v) is 4.57. The predicted molar refractivity (Wildman–Crippen MR) is 102 cm³/mol. The molecule has 0 aromatic heterocycles. The monoisotopic (exact) mass is 388 g/mol. The van der Waals surface area contributed by atoms with E-state index < -0.39 is 11.7 Å². The first kappa shape index (κ1) is 19.5. The normalized spacial score (nSPS) is 16.1. The average Bonchev–Trinajstić information content (AvgIpc) is 3.09. The number of amides is 2. The number of nitrogens with zero attached hydrogens (tertiary/aromatic N) is 1. The number of halogens is 1. The molecule has 0 bridgehead atoms. The van der Waals surface area contributed by atoms with Crippen LogP contribution in [0.25, 0.3) is 0 Å². The van der Waals surface area contributed by atoms with Crippen LogP contribution in [0, 0.1) is 11.7 Å². The van der Waals surface area contributed by atoms with Crippen LogP contribution in [0.2, 0.25) is 0 Å². The van der Waals surface area contributed by atoms with Crippen LogP contribution in [-0.4, -0.2) is 39.7 Å². The number of carbonyl (C=O) groups excluding carboxylic acids is 2. The van der Waals surface area contributed by atoms with Gasteiger partial charge < -0.3 is 24.4 Å². The van der Waals surface area contributed by atoms with Gasteiger partial charge in [-0.05, 0) is 12.1 Å². The summed E-state index contributed by atoms with van der Waals surface area (Å²) in [5.41, 5.74) is 0.617. The van der Waals surface area contributed by atoms with Crippen LogP contribution in [0.5, 0.6) is 17.2 Å². The Morgan fingerprint density at radius 2 is 1.75 bits per heavy atom. The first-order chi connectivity index (χ1) is 13.5. The van der Waals surface area contributed by atoms with E-state index in [0.29, 0.717) is 22.9 Å². The first-order valence-electron chi connectivity index (χ1n) is 8.64. The van der Waals surface area contributed by atoms with E-state index in [2.05, 4.69) is 5.32 Å². The second kappa shape index (κ2) is 8.16. The Morgan fingerprint density at radius 3 is 2.32 bits per heavy atom. The van der Waals surface area contributed by atoms with Crippen molar-refractivity contribution in [2.24, 2.45) is 5.92 Å². The highest BCUT2D eigenvalue weighted by Crippen LogP contribution is 2.40. The summed E-state index contributed by atoms with van der Waals surface area (Å²) < 4.78 is 29.8. The largest absolute Gasteiger partial charge is 0.493 e. The van der Waals surface area contributed by atoms with Crippen LogP contribution in [0.3, 0.4) is 0 Å². The number of benzene rings is 2. The fourth-order valence-electron chi connectivity index (χ4n) is 3.18. The van der Waals surface area contributed by atoms with Crippen LogP contribution in [-0.2, 0) is 9.59 Å².